The van der Waals surface area contributed by atoms with Crippen LogP contribution in [-0.4, -0.2) is 60.8 Å². The molecule has 24 heavy (non-hydrogen) atoms. The molecule has 5 heteroatoms. The van der Waals surface area contributed by atoms with Crippen LogP contribution in [0.4, 0.5) is 0 Å². The van der Waals surface area contributed by atoms with Gasteiger partial charge in [-0.3, -0.25) is 14.5 Å². The van der Waals surface area contributed by atoms with E-state index in [1.165, 1.54) is 25.8 Å². The maximum atomic E-state index is 12.4. The van der Waals surface area contributed by atoms with E-state index in [0.29, 0.717) is 18.0 Å². The summed E-state index contributed by atoms with van der Waals surface area (Å²) in [5, 5.41) is 0. The summed E-state index contributed by atoms with van der Waals surface area (Å²) in [6.45, 7) is 3.77. The fourth-order valence-corrected chi connectivity index (χ4v) is 3.68. The standard InChI is InChI=1S/C19H26N2O3/c1-24-17-7-5-15(6-8-17)18(22)9-10-19(23)21-13-12-20-11-3-2-4-16(20)14-21/h5-8,16H,2-4,9-14H2,1H3/t16-/m0/s1. The number of piperazine rings is 1. The van der Waals surface area contributed by atoms with Crippen molar-refractivity contribution in [1.82, 2.24) is 9.80 Å². The van der Waals surface area contributed by atoms with Gasteiger partial charge in [0.2, 0.25) is 5.91 Å². The minimum Gasteiger partial charge on any atom is -0.497 e. The quantitative estimate of drug-likeness (QED) is 0.778. The van der Waals surface area contributed by atoms with Crippen molar-refractivity contribution in [2.24, 2.45) is 0 Å². The van der Waals surface area contributed by atoms with Gasteiger partial charge in [0, 0.05) is 44.1 Å². The zero-order valence-corrected chi connectivity index (χ0v) is 14.4. The van der Waals surface area contributed by atoms with Gasteiger partial charge in [0.1, 0.15) is 5.75 Å². The van der Waals surface area contributed by atoms with Crippen LogP contribution in [-0.2, 0) is 4.79 Å². The van der Waals surface area contributed by atoms with Crippen molar-refractivity contribution in [2.45, 2.75) is 38.1 Å². The molecule has 1 amide bonds. The Kier molecular flexibility index (Phi) is 5.51. The predicted octanol–water partition coefficient (Wildman–Crippen LogP) is 2.35. The Balaban J connectivity index is 1.48. The number of carbonyl (C=O) groups is 2. The first-order valence-corrected chi connectivity index (χ1v) is 8.86. The summed E-state index contributed by atoms with van der Waals surface area (Å²) in [5.74, 6) is 0.859. The highest BCUT2D eigenvalue weighted by atomic mass is 16.5. The Labute approximate surface area is 143 Å². The second-order valence-electron chi connectivity index (χ2n) is 6.68. The Morgan fingerprint density at radius 1 is 1.08 bits per heavy atom. The number of benzene rings is 1. The summed E-state index contributed by atoms with van der Waals surface area (Å²) < 4.78 is 5.09. The summed E-state index contributed by atoms with van der Waals surface area (Å²) in [7, 11) is 1.60. The third-order valence-electron chi connectivity index (χ3n) is 5.17. The molecule has 0 saturated carbocycles. The molecular formula is C19H26N2O3. The van der Waals surface area contributed by atoms with Crippen LogP contribution in [0.25, 0.3) is 0 Å². The van der Waals surface area contributed by atoms with E-state index in [4.69, 9.17) is 4.74 Å². The van der Waals surface area contributed by atoms with Gasteiger partial charge in [-0.15, -0.1) is 0 Å². The van der Waals surface area contributed by atoms with Crippen LogP contribution in [0.15, 0.2) is 24.3 Å². The average molecular weight is 330 g/mol. The number of rotatable bonds is 5. The molecule has 1 atom stereocenters. The van der Waals surface area contributed by atoms with E-state index in [0.717, 1.165) is 25.4 Å². The van der Waals surface area contributed by atoms with Crippen molar-refractivity contribution in [2.75, 3.05) is 33.3 Å². The van der Waals surface area contributed by atoms with E-state index < -0.39 is 0 Å². The number of fused-ring (bicyclic) bond motifs is 1. The third-order valence-corrected chi connectivity index (χ3v) is 5.17. The number of hydrogen-bond donors (Lipinski definition) is 0. The van der Waals surface area contributed by atoms with Gasteiger partial charge in [0.05, 0.1) is 7.11 Å². The fraction of sp³-hybridized carbons (Fsp3) is 0.579. The highest BCUT2D eigenvalue weighted by Gasteiger charge is 2.30. The van der Waals surface area contributed by atoms with Crippen molar-refractivity contribution in [3.05, 3.63) is 29.8 Å². The van der Waals surface area contributed by atoms with Crippen LogP contribution < -0.4 is 4.74 Å². The van der Waals surface area contributed by atoms with Gasteiger partial charge in [0.15, 0.2) is 5.78 Å². The minimum atomic E-state index is 0.0160. The molecule has 2 aliphatic heterocycles. The third kappa shape index (κ3) is 3.96. The van der Waals surface area contributed by atoms with Crippen LogP contribution in [0.5, 0.6) is 5.75 Å². The first-order chi connectivity index (χ1) is 11.7. The molecule has 1 aromatic carbocycles. The molecule has 1 aromatic rings. The Morgan fingerprint density at radius 2 is 1.88 bits per heavy atom. The van der Waals surface area contributed by atoms with Gasteiger partial charge in [-0.2, -0.15) is 0 Å². The van der Waals surface area contributed by atoms with Gasteiger partial charge >= 0.3 is 0 Å². The van der Waals surface area contributed by atoms with E-state index >= 15 is 0 Å². The second-order valence-corrected chi connectivity index (χ2v) is 6.68. The molecule has 5 nitrogen and oxygen atoms in total. The van der Waals surface area contributed by atoms with Gasteiger partial charge < -0.3 is 9.64 Å². The van der Waals surface area contributed by atoms with E-state index in [9.17, 15) is 9.59 Å². The van der Waals surface area contributed by atoms with Gasteiger partial charge in [0.25, 0.3) is 0 Å². The number of ether oxygens (including phenoxy) is 1. The highest BCUT2D eigenvalue weighted by Crippen LogP contribution is 2.22. The van der Waals surface area contributed by atoms with Crippen molar-refractivity contribution in [3.63, 3.8) is 0 Å². The number of ketones is 1. The number of carbonyl (C=O) groups excluding carboxylic acids is 2. The van der Waals surface area contributed by atoms with Crippen molar-refractivity contribution >= 4 is 11.7 Å². The molecule has 0 aromatic heterocycles. The second kappa shape index (κ2) is 7.79. The first-order valence-electron chi connectivity index (χ1n) is 8.86. The van der Waals surface area contributed by atoms with Crippen LogP contribution in [0, 0.1) is 0 Å². The number of Topliss-reactive ketones (excluding diaryl/α,β-unsaturated/α-hetero) is 1. The lowest BCUT2D eigenvalue weighted by Gasteiger charge is -2.44. The molecule has 3 rings (SSSR count). The van der Waals surface area contributed by atoms with Gasteiger partial charge in [-0.05, 0) is 43.7 Å². The topological polar surface area (TPSA) is 49.9 Å². The fourth-order valence-electron chi connectivity index (χ4n) is 3.68. The minimum absolute atomic E-state index is 0.0160. The van der Waals surface area contributed by atoms with E-state index in [2.05, 4.69) is 4.90 Å². The largest absolute Gasteiger partial charge is 0.497 e. The number of nitrogens with zero attached hydrogens (tertiary/aromatic N) is 2. The Hall–Kier alpha value is -1.88. The molecule has 2 aliphatic rings. The summed E-state index contributed by atoms with van der Waals surface area (Å²) in [6.07, 6.45) is 4.31. The first kappa shape index (κ1) is 17.0. The average Bonchev–Trinajstić information content (AvgIpc) is 2.65. The van der Waals surface area contributed by atoms with Crippen molar-refractivity contribution in [1.29, 1.82) is 0 Å². The summed E-state index contributed by atoms with van der Waals surface area (Å²) in [4.78, 5) is 29.1. The zero-order valence-electron chi connectivity index (χ0n) is 14.4. The molecule has 2 saturated heterocycles. The van der Waals surface area contributed by atoms with Crippen LogP contribution in [0.2, 0.25) is 0 Å². The van der Waals surface area contributed by atoms with Crippen LogP contribution >= 0.6 is 0 Å². The Morgan fingerprint density at radius 3 is 2.62 bits per heavy atom. The number of hydrogen-bond acceptors (Lipinski definition) is 4. The SMILES string of the molecule is COc1ccc(C(=O)CCC(=O)N2CCN3CCCC[C@H]3C2)cc1. The Bertz CT molecular complexity index is 585. The molecular weight excluding hydrogens is 304 g/mol. The van der Waals surface area contributed by atoms with E-state index in [1.807, 2.05) is 4.90 Å². The molecule has 130 valence electrons. The lowest BCUT2D eigenvalue weighted by atomic mass is 9.99. The molecule has 0 N–H and O–H groups in total. The molecule has 2 heterocycles. The summed E-state index contributed by atoms with van der Waals surface area (Å²) in [5.41, 5.74) is 0.640. The molecule has 0 bridgehead atoms. The number of methoxy groups -OCH3 is 1. The van der Waals surface area contributed by atoms with E-state index in [1.54, 1.807) is 31.4 Å². The molecule has 0 aliphatic carbocycles. The van der Waals surface area contributed by atoms with Crippen molar-refractivity contribution < 1.29 is 14.3 Å². The van der Waals surface area contributed by atoms with Crippen LogP contribution in [0.1, 0.15) is 42.5 Å². The molecule has 0 unspecified atom stereocenters. The summed E-state index contributed by atoms with van der Waals surface area (Å²) >= 11 is 0. The molecule has 2 fully saturated rings. The van der Waals surface area contributed by atoms with E-state index in [-0.39, 0.29) is 18.1 Å². The van der Waals surface area contributed by atoms with Gasteiger partial charge in [-0.25, -0.2) is 0 Å². The highest BCUT2D eigenvalue weighted by molar-refractivity contribution is 5.98. The summed E-state index contributed by atoms with van der Waals surface area (Å²) in [6, 6.07) is 7.59. The van der Waals surface area contributed by atoms with Gasteiger partial charge in [-0.1, -0.05) is 6.42 Å². The lowest BCUT2D eigenvalue weighted by molar-refractivity contribution is -0.134. The molecule has 0 radical (unpaired) electrons. The maximum absolute atomic E-state index is 12.4. The van der Waals surface area contributed by atoms with Crippen LogP contribution in [0.3, 0.4) is 0 Å². The predicted molar refractivity (Wildman–Crippen MR) is 92.4 cm³/mol. The lowest BCUT2D eigenvalue weighted by Crippen LogP contribution is -2.56. The zero-order chi connectivity index (χ0) is 16.9. The number of amides is 1. The number of piperidine rings is 1. The smallest absolute Gasteiger partial charge is 0.223 e. The normalized spacial score (nSPS) is 21.2. The maximum Gasteiger partial charge on any atom is 0.223 e. The molecule has 0 spiro atoms. The van der Waals surface area contributed by atoms with Crippen molar-refractivity contribution in [3.8, 4) is 5.75 Å². The monoisotopic (exact) mass is 330 g/mol.